The zero-order valence-electron chi connectivity index (χ0n) is 10.8. The summed E-state index contributed by atoms with van der Waals surface area (Å²) in [4.78, 5) is 15.3. The van der Waals surface area contributed by atoms with Crippen molar-refractivity contribution in [3.63, 3.8) is 0 Å². The summed E-state index contributed by atoms with van der Waals surface area (Å²) in [6.07, 6.45) is 0.697. The van der Waals surface area contributed by atoms with Gasteiger partial charge < -0.3 is 4.42 Å². The molecule has 0 aliphatic rings. The second-order valence-corrected chi connectivity index (χ2v) is 4.48. The van der Waals surface area contributed by atoms with Gasteiger partial charge in [-0.1, -0.05) is 18.2 Å². The van der Waals surface area contributed by atoms with Gasteiger partial charge in [0.05, 0.1) is 5.56 Å². The Balaban J connectivity index is 2.29. The fourth-order valence-electron chi connectivity index (χ4n) is 2.13. The summed E-state index contributed by atoms with van der Waals surface area (Å²) >= 11 is 0. The molecule has 3 rings (SSSR count). The smallest absolute Gasteiger partial charge is 0.227 e. The molecule has 0 aliphatic carbocycles. The maximum atomic E-state index is 10.9. The highest BCUT2D eigenvalue weighted by Gasteiger charge is 2.14. The number of nitrogens with zero attached hydrogens (tertiary/aromatic N) is 2. The number of carbonyl (C=O) groups excluding carboxylic acids is 1. The lowest BCUT2D eigenvalue weighted by molar-refractivity contribution is 0.112. The summed E-state index contributed by atoms with van der Waals surface area (Å²) in [6, 6.07) is 12.9. The molecule has 0 saturated carbocycles. The number of hydrogen-bond acceptors (Lipinski definition) is 4. The Labute approximate surface area is 115 Å². The fourth-order valence-corrected chi connectivity index (χ4v) is 2.13. The van der Waals surface area contributed by atoms with Crippen molar-refractivity contribution in [2.24, 2.45) is 0 Å². The molecule has 96 valence electrons. The number of aromatic nitrogens is 1. The minimum Gasteiger partial charge on any atom is -0.435 e. The van der Waals surface area contributed by atoms with Crippen LogP contribution in [0, 0.1) is 18.3 Å². The van der Waals surface area contributed by atoms with Crippen molar-refractivity contribution in [3.8, 4) is 17.5 Å². The van der Waals surface area contributed by atoms with Gasteiger partial charge in [-0.05, 0) is 30.7 Å². The van der Waals surface area contributed by atoms with Gasteiger partial charge in [0.15, 0.2) is 5.58 Å². The van der Waals surface area contributed by atoms with E-state index < -0.39 is 0 Å². The average molecular weight is 262 g/mol. The number of hydrogen-bond donors (Lipinski definition) is 0. The normalized spacial score (nSPS) is 10.4. The van der Waals surface area contributed by atoms with E-state index in [2.05, 4.69) is 4.98 Å². The van der Waals surface area contributed by atoms with Crippen LogP contribution in [-0.4, -0.2) is 11.3 Å². The van der Waals surface area contributed by atoms with Crippen LogP contribution in [0.5, 0.6) is 0 Å². The van der Waals surface area contributed by atoms with Crippen molar-refractivity contribution in [1.82, 2.24) is 4.98 Å². The van der Waals surface area contributed by atoms with E-state index in [1.165, 1.54) is 6.07 Å². The van der Waals surface area contributed by atoms with Crippen LogP contribution in [0.15, 0.2) is 40.8 Å². The molecule has 4 heteroatoms. The summed E-state index contributed by atoms with van der Waals surface area (Å²) in [5, 5.41) is 9.14. The molecule has 20 heavy (non-hydrogen) atoms. The van der Waals surface area contributed by atoms with Gasteiger partial charge in [0.2, 0.25) is 5.89 Å². The minimum atomic E-state index is 0.317. The second kappa shape index (κ2) is 4.63. The molecule has 2 aromatic carbocycles. The molecule has 0 radical (unpaired) electrons. The third-order valence-corrected chi connectivity index (χ3v) is 3.14. The van der Waals surface area contributed by atoms with Gasteiger partial charge in [-0.15, -0.1) is 0 Å². The third kappa shape index (κ3) is 1.86. The van der Waals surface area contributed by atoms with Crippen LogP contribution in [0.4, 0.5) is 0 Å². The fraction of sp³-hybridized carbons (Fsp3) is 0.0625. The predicted octanol–water partition coefficient (Wildman–Crippen LogP) is 3.49. The Bertz CT molecular complexity index is 857. The van der Waals surface area contributed by atoms with Gasteiger partial charge in [-0.3, -0.25) is 4.79 Å². The summed E-state index contributed by atoms with van der Waals surface area (Å²) in [7, 11) is 0. The van der Waals surface area contributed by atoms with Crippen LogP contribution >= 0.6 is 0 Å². The Kier molecular flexibility index (Phi) is 2.81. The lowest BCUT2D eigenvalue weighted by atomic mass is 10.1. The predicted molar refractivity (Wildman–Crippen MR) is 74.3 cm³/mol. The van der Waals surface area contributed by atoms with E-state index in [1.54, 1.807) is 6.07 Å². The van der Waals surface area contributed by atoms with E-state index >= 15 is 0 Å². The lowest BCUT2D eigenvalue weighted by Crippen LogP contribution is -1.84. The van der Waals surface area contributed by atoms with Crippen LogP contribution in [0.2, 0.25) is 0 Å². The molecule has 0 fully saturated rings. The monoisotopic (exact) mass is 262 g/mol. The van der Waals surface area contributed by atoms with Crippen molar-refractivity contribution in [2.75, 3.05) is 0 Å². The van der Waals surface area contributed by atoms with Gasteiger partial charge in [-0.25, -0.2) is 4.98 Å². The van der Waals surface area contributed by atoms with Gasteiger partial charge in [0, 0.05) is 11.1 Å². The minimum absolute atomic E-state index is 0.317. The molecular formula is C16H10N2O2. The molecular weight excluding hydrogens is 252 g/mol. The molecule has 1 heterocycles. The number of benzene rings is 2. The first kappa shape index (κ1) is 12.1. The average Bonchev–Trinajstić information content (AvgIpc) is 2.90. The maximum Gasteiger partial charge on any atom is 0.227 e. The van der Waals surface area contributed by atoms with Gasteiger partial charge >= 0.3 is 0 Å². The molecule has 0 spiro atoms. The Morgan fingerprint density at radius 3 is 2.80 bits per heavy atom. The SMILES string of the molecule is Cc1ccccc1-c1nc2cc(C=O)cc(C#N)c2o1. The summed E-state index contributed by atoms with van der Waals surface area (Å²) < 4.78 is 5.71. The van der Waals surface area contributed by atoms with Gasteiger partial charge in [0.25, 0.3) is 0 Å². The first-order valence-corrected chi connectivity index (χ1v) is 6.09. The third-order valence-electron chi connectivity index (χ3n) is 3.14. The van der Waals surface area contributed by atoms with Crippen molar-refractivity contribution in [2.45, 2.75) is 6.92 Å². The quantitative estimate of drug-likeness (QED) is 0.663. The number of rotatable bonds is 2. The molecule has 0 amide bonds. The molecule has 0 aliphatic heterocycles. The van der Waals surface area contributed by atoms with Crippen molar-refractivity contribution in [1.29, 1.82) is 5.26 Å². The van der Waals surface area contributed by atoms with Gasteiger partial charge in [-0.2, -0.15) is 5.26 Å². The number of oxazole rings is 1. The van der Waals surface area contributed by atoms with Crippen LogP contribution < -0.4 is 0 Å². The van der Waals surface area contributed by atoms with E-state index in [-0.39, 0.29) is 0 Å². The highest BCUT2D eigenvalue weighted by molar-refractivity contribution is 5.89. The Morgan fingerprint density at radius 2 is 2.10 bits per heavy atom. The topological polar surface area (TPSA) is 66.9 Å². The van der Waals surface area contributed by atoms with Crippen molar-refractivity contribution >= 4 is 17.4 Å². The molecule has 0 atom stereocenters. The largest absolute Gasteiger partial charge is 0.435 e. The number of aryl methyl sites for hydroxylation is 1. The van der Waals surface area contributed by atoms with E-state index in [4.69, 9.17) is 9.68 Å². The zero-order valence-corrected chi connectivity index (χ0v) is 10.8. The molecule has 0 saturated heterocycles. The van der Waals surface area contributed by atoms with Crippen molar-refractivity contribution in [3.05, 3.63) is 53.1 Å². The number of carbonyl (C=O) groups is 1. The highest BCUT2D eigenvalue weighted by Crippen LogP contribution is 2.28. The summed E-state index contributed by atoms with van der Waals surface area (Å²) in [5.74, 6) is 0.456. The Morgan fingerprint density at radius 1 is 1.30 bits per heavy atom. The molecule has 4 nitrogen and oxygen atoms in total. The lowest BCUT2D eigenvalue weighted by Gasteiger charge is -1.98. The number of nitriles is 1. The van der Waals surface area contributed by atoms with E-state index in [9.17, 15) is 4.79 Å². The van der Waals surface area contributed by atoms with Crippen LogP contribution in [-0.2, 0) is 0 Å². The van der Waals surface area contributed by atoms with Crippen LogP contribution in [0.3, 0.4) is 0 Å². The summed E-state index contributed by atoms with van der Waals surface area (Å²) in [5.41, 5.74) is 3.57. The van der Waals surface area contributed by atoms with Gasteiger partial charge in [0.1, 0.15) is 17.9 Å². The Hall–Kier alpha value is -2.93. The molecule has 3 aromatic rings. The van der Waals surface area contributed by atoms with E-state index in [0.717, 1.165) is 11.1 Å². The standard InChI is InChI=1S/C16H10N2O2/c1-10-4-2-3-5-13(10)16-18-14-7-11(9-19)6-12(8-17)15(14)20-16/h2-7,9H,1H3. The maximum absolute atomic E-state index is 10.9. The number of fused-ring (bicyclic) bond motifs is 1. The van der Waals surface area contributed by atoms with Crippen molar-refractivity contribution < 1.29 is 9.21 Å². The molecule has 0 N–H and O–H groups in total. The summed E-state index contributed by atoms with van der Waals surface area (Å²) in [6.45, 7) is 1.96. The van der Waals surface area contributed by atoms with Crippen LogP contribution in [0.25, 0.3) is 22.6 Å². The highest BCUT2D eigenvalue weighted by atomic mass is 16.3. The number of aldehydes is 1. The van der Waals surface area contributed by atoms with E-state index in [0.29, 0.717) is 34.4 Å². The molecule has 0 unspecified atom stereocenters. The molecule has 1 aromatic heterocycles. The first-order chi connectivity index (χ1) is 9.72. The second-order valence-electron chi connectivity index (χ2n) is 4.48. The van der Waals surface area contributed by atoms with Crippen LogP contribution in [0.1, 0.15) is 21.5 Å². The zero-order chi connectivity index (χ0) is 14.1. The first-order valence-electron chi connectivity index (χ1n) is 6.09. The van der Waals surface area contributed by atoms with E-state index in [1.807, 2.05) is 37.3 Å². The molecule has 0 bridgehead atoms.